The average molecular weight is 345 g/mol. The number of rotatable bonds is 3. The minimum absolute atomic E-state index is 0.570. The van der Waals surface area contributed by atoms with Gasteiger partial charge in [-0.15, -0.1) is 17.1 Å². The quantitative estimate of drug-likeness (QED) is 0.622. The number of anilines is 1. The number of carbonyl (C=O) groups excluding carboxylic acids is 1. The summed E-state index contributed by atoms with van der Waals surface area (Å²) in [5, 5.41) is -1.69. The first-order valence-electron chi connectivity index (χ1n) is 5.76. The second kappa shape index (κ2) is 5.38. The number of nitrogens with zero attached hydrogens (tertiary/aromatic N) is 1. The van der Waals surface area contributed by atoms with Gasteiger partial charge in [0, 0.05) is 19.0 Å². The Balaban J connectivity index is 2.32. The SMILES string of the molecule is O=C1CC(S(=O)(=O)F)CN1c1cc(OC(F)(F)F)ccc1F. The number of amides is 1. The Morgan fingerprint density at radius 2 is 1.91 bits per heavy atom. The molecule has 2 rings (SSSR count). The van der Waals surface area contributed by atoms with Crippen molar-refractivity contribution >= 4 is 21.8 Å². The van der Waals surface area contributed by atoms with Crippen LogP contribution in [0.1, 0.15) is 6.42 Å². The summed E-state index contributed by atoms with van der Waals surface area (Å²) >= 11 is 0. The van der Waals surface area contributed by atoms with E-state index >= 15 is 0 Å². The van der Waals surface area contributed by atoms with Crippen LogP contribution in [-0.4, -0.2) is 32.5 Å². The minimum atomic E-state index is -5.02. The third-order valence-electron chi connectivity index (χ3n) is 2.93. The summed E-state index contributed by atoms with van der Waals surface area (Å²) in [5.41, 5.74) is -0.613. The lowest BCUT2D eigenvalue weighted by Crippen LogP contribution is -2.28. The summed E-state index contributed by atoms with van der Waals surface area (Å²) in [7, 11) is -5.02. The van der Waals surface area contributed by atoms with E-state index in [1.165, 1.54) is 0 Å². The van der Waals surface area contributed by atoms with Crippen molar-refractivity contribution in [1.82, 2.24) is 0 Å². The van der Waals surface area contributed by atoms with E-state index in [1.807, 2.05) is 0 Å². The van der Waals surface area contributed by atoms with Gasteiger partial charge in [0.2, 0.25) is 5.91 Å². The summed E-state index contributed by atoms with van der Waals surface area (Å²) in [6.45, 7) is -0.690. The van der Waals surface area contributed by atoms with E-state index in [-0.39, 0.29) is 0 Å². The summed E-state index contributed by atoms with van der Waals surface area (Å²) < 4.78 is 88.1. The van der Waals surface area contributed by atoms with Crippen molar-refractivity contribution in [3.05, 3.63) is 24.0 Å². The van der Waals surface area contributed by atoms with Gasteiger partial charge in [0.05, 0.1) is 5.69 Å². The van der Waals surface area contributed by atoms with Gasteiger partial charge in [0.1, 0.15) is 16.8 Å². The van der Waals surface area contributed by atoms with Crippen LogP contribution < -0.4 is 9.64 Å². The topological polar surface area (TPSA) is 63.7 Å². The molecule has 122 valence electrons. The van der Waals surface area contributed by atoms with Gasteiger partial charge in [0.25, 0.3) is 0 Å². The Bertz CT molecular complexity index is 703. The van der Waals surface area contributed by atoms with Crippen LogP contribution in [0.2, 0.25) is 0 Å². The van der Waals surface area contributed by atoms with Crippen molar-refractivity contribution in [1.29, 1.82) is 0 Å². The number of hydrogen-bond acceptors (Lipinski definition) is 4. The highest BCUT2D eigenvalue weighted by molar-refractivity contribution is 7.87. The average Bonchev–Trinajstić information content (AvgIpc) is 2.72. The second-order valence-electron chi connectivity index (χ2n) is 4.47. The van der Waals surface area contributed by atoms with Crippen molar-refractivity contribution in [2.45, 2.75) is 18.0 Å². The van der Waals surface area contributed by atoms with Gasteiger partial charge in [-0.1, -0.05) is 0 Å². The van der Waals surface area contributed by atoms with Crippen molar-refractivity contribution in [3.63, 3.8) is 0 Å². The molecule has 0 aromatic heterocycles. The van der Waals surface area contributed by atoms with Crippen molar-refractivity contribution < 1.29 is 39.4 Å². The van der Waals surface area contributed by atoms with Crippen molar-refractivity contribution in [2.24, 2.45) is 0 Å². The van der Waals surface area contributed by atoms with E-state index in [4.69, 9.17) is 0 Å². The molecule has 22 heavy (non-hydrogen) atoms. The van der Waals surface area contributed by atoms with Crippen LogP contribution in [0.3, 0.4) is 0 Å². The molecule has 0 spiro atoms. The number of benzene rings is 1. The first-order valence-corrected chi connectivity index (χ1v) is 7.21. The smallest absolute Gasteiger partial charge is 0.406 e. The molecule has 11 heteroatoms. The van der Waals surface area contributed by atoms with Crippen LogP contribution in [0.4, 0.5) is 27.1 Å². The first-order chi connectivity index (χ1) is 9.97. The maximum Gasteiger partial charge on any atom is 0.573 e. The zero-order valence-corrected chi connectivity index (χ0v) is 11.4. The molecule has 1 aromatic carbocycles. The minimum Gasteiger partial charge on any atom is -0.406 e. The molecule has 0 aliphatic carbocycles. The molecule has 1 amide bonds. The maximum atomic E-state index is 13.7. The fraction of sp³-hybridized carbons (Fsp3) is 0.364. The zero-order chi connectivity index (χ0) is 16.7. The molecular weight excluding hydrogens is 337 g/mol. The van der Waals surface area contributed by atoms with Crippen LogP contribution in [0.25, 0.3) is 0 Å². The molecule has 5 nitrogen and oxygen atoms in total. The highest BCUT2D eigenvalue weighted by Gasteiger charge is 2.40. The number of halogens is 5. The van der Waals surface area contributed by atoms with E-state index < -0.39 is 58.0 Å². The van der Waals surface area contributed by atoms with Crippen LogP contribution >= 0.6 is 0 Å². The fourth-order valence-corrected chi connectivity index (χ4v) is 2.66. The van der Waals surface area contributed by atoms with E-state index in [1.54, 1.807) is 0 Å². The molecule has 0 bridgehead atoms. The molecule has 1 unspecified atom stereocenters. The molecule has 0 saturated carbocycles. The maximum absolute atomic E-state index is 13.7. The summed E-state index contributed by atoms with van der Waals surface area (Å²) in [6.07, 6.45) is -5.74. The number of alkyl halides is 3. The Hall–Kier alpha value is -1.91. The van der Waals surface area contributed by atoms with Crippen LogP contribution in [-0.2, 0) is 15.0 Å². The Kier molecular flexibility index (Phi) is 4.02. The van der Waals surface area contributed by atoms with Gasteiger partial charge in [-0.05, 0) is 12.1 Å². The van der Waals surface area contributed by atoms with Gasteiger partial charge in [-0.2, -0.15) is 8.42 Å². The normalized spacial score (nSPS) is 19.6. The fourth-order valence-electron chi connectivity index (χ4n) is 1.99. The lowest BCUT2D eigenvalue weighted by molar-refractivity contribution is -0.274. The first kappa shape index (κ1) is 16.5. The van der Waals surface area contributed by atoms with E-state index in [0.717, 1.165) is 0 Å². The standard InChI is InChI=1S/C11H8F5NO4S/c12-8-2-1-6(21-11(13,14)15)3-9(8)17-5-7(4-10(17)18)22(16,19)20/h1-3,7H,4-5H2. The Morgan fingerprint density at radius 1 is 1.27 bits per heavy atom. The number of carbonyl (C=O) groups is 1. The lowest BCUT2D eigenvalue weighted by atomic mass is 10.2. The van der Waals surface area contributed by atoms with E-state index in [0.29, 0.717) is 23.1 Å². The van der Waals surface area contributed by atoms with E-state index in [9.17, 15) is 34.7 Å². The predicted molar refractivity (Wildman–Crippen MR) is 63.9 cm³/mol. The van der Waals surface area contributed by atoms with Crippen molar-refractivity contribution in [2.75, 3.05) is 11.4 Å². The van der Waals surface area contributed by atoms with Crippen LogP contribution in [0.5, 0.6) is 5.75 Å². The van der Waals surface area contributed by atoms with Gasteiger partial charge >= 0.3 is 16.6 Å². The Morgan fingerprint density at radius 3 is 2.41 bits per heavy atom. The molecule has 1 atom stereocenters. The molecule has 1 aliphatic rings. The third-order valence-corrected chi connectivity index (χ3v) is 4.04. The number of hydrogen-bond donors (Lipinski definition) is 0. The molecule has 0 radical (unpaired) electrons. The van der Waals surface area contributed by atoms with E-state index in [2.05, 4.69) is 4.74 Å². The van der Waals surface area contributed by atoms with Crippen molar-refractivity contribution in [3.8, 4) is 5.75 Å². The third kappa shape index (κ3) is 3.64. The molecular formula is C11H8F5NO4S. The molecule has 1 fully saturated rings. The molecule has 1 aromatic rings. The summed E-state index contributed by atoms with van der Waals surface area (Å²) in [6, 6.07) is 1.91. The van der Waals surface area contributed by atoms with Gasteiger partial charge in [-0.3, -0.25) is 4.79 Å². The van der Waals surface area contributed by atoms with Crippen LogP contribution in [0, 0.1) is 5.82 Å². The second-order valence-corrected chi connectivity index (χ2v) is 6.08. The predicted octanol–water partition coefficient (Wildman–Crippen LogP) is 2.13. The molecule has 0 N–H and O–H groups in total. The molecule has 1 saturated heterocycles. The number of ether oxygens (including phenoxy) is 1. The highest BCUT2D eigenvalue weighted by atomic mass is 32.3. The summed E-state index contributed by atoms with van der Waals surface area (Å²) in [5.74, 6) is -2.78. The zero-order valence-electron chi connectivity index (χ0n) is 10.6. The monoisotopic (exact) mass is 345 g/mol. The largest absolute Gasteiger partial charge is 0.573 e. The van der Waals surface area contributed by atoms with Crippen LogP contribution in [0.15, 0.2) is 18.2 Å². The lowest BCUT2D eigenvalue weighted by Gasteiger charge is -2.18. The summed E-state index contributed by atoms with van der Waals surface area (Å²) in [4.78, 5) is 12.2. The highest BCUT2D eigenvalue weighted by Crippen LogP contribution is 2.32. The van der Waals surface area contributed by atoms with Gasteiger partial charge < -0.3 is 9.64 Å². The molecule has 1 aliphatic heterocycles. The van der Waals surface area contributed by atoms with Gasteiger partial charge in [0.15, 0.2) is 0 Å². The van der Waals surface area contributed by atoms with Gasteiger partial charge in [-0.25, -0.2) is 4.39 Å². The molecule has 1 heterocycles. The Labute approximate surface area is 121 Å².